The van der Waals surface area contributed by atoms with Gasteiger partial charge in [0.25, 0.3) is 0 Å². The summed E-state index contributed by atoms with van der Waals surface area (Å²) in [7, 11) is -4.43. The molecule has 1 aromatic carbocycles. The summed E-state index contributed by atoms with van der Waals surface area (Å²) in [6.07, 6.45) is 3.32. The highest BCUT2D eigenvalue weighted by Crippen LogP contribution is 2.53. The molecule has 0 bridgehead atoms. The fraction of sp³-hybridized carbons (Fsp3) is 0.250. The molecule has 1 atom stereocenters. The van der Waals surface area contributed by atoms with E-state index in [1.807, 2.05) is 6.07 Å². The van der Waals surface area contributed by atoms with Gasteiger partial charge < -0.3 is 9.79 Å². The van der Waals surface area contributed by atoms with Gasteiger partial charge in [0.2, 0.25) is 5.91 Å². The first-order chi connectivity index (χ1) is 11.3. The summed E-state index contributed by atoms with van der Waals surface area (Å²) < 4.78 is 11.8. The first-order valence-electron chi connectivity index (χ1n) is 7.31. The number of nitrogens with zero attached hydrogens (tertiary/aromatic N) is 2. The van der Waals surface area contributed by atoms with E-state index in [0.717, 1.165) is 11.1 Å². The van der Waals surface area contributed by atoms with Crippen LogP contribution in [0.2, 0.25) is 0 Å². The summed E-state index contributed by atoms with van der Waals surface area (Å²) in [5, 5.41) is 9.86. The maximum absolute atomic E-state index is 11.8. The van der Waals surface area contributed by atoms with Crippen molar-refractivity contribution >= 4 is 13.5 Å². The van der Waals surface area contributed by atoms with Crippen LogP contribution in [0, 0.1) is 0 Å². The SMILES string of the molecule is CC(=O)N(O)CCC(c1ccc(-c2cccnc2)cc1)P(=O)(O)O. The summed E-state index contributed by atoms with van der Waals surface area (Å²) in [6.45, 7) is 1.02. The minimum Gasteiger partial charge on any atom is -0.324 e. The van der Waals surface area contributed by atoms with Gasteiger partial charge in [0, 0.05) is 25.9 Å². The molecule has 7 nitrogen and oxygen atoms in total. The number of carbonyl (C=O) groups excluding carboxylic acids is 1. The van der Waals surface area contributed by atoms with E-state index in [4.69, 9.17) is 0 Å². The Kier molecular flexibility index (Phi) is 5.85. The predicted octanol–water partition coefficient (Wildman–Crippen LogP) is 2.60. The predicted molar refractivity (Wildman–Crippen MR) is 88.2 cm³/mol. The molecule has 2 aromatic rings. The van der Waals surface area contributed by atoms with Gasteiger partial charge in [0.05, 0.1) is 5.66 Å². The van der Waals surface area contributed by atoms with Crippen LogP contribution >= 0.6 is 7.60 Å². The number of pyridine rings is 1. The second kappa shape index (κ2) is 7.68. The Labute approximate surface area is 139 Å². The van der Waals surface area contributed by atoms with Crippen molar-refractivity contribution in [1.29, 1.82) is 0 Å². The second-order valence-corrected chi connectivity index (χ2v) is 7.20. The third kappa shape index (κ3) is 4.72. The molecule has 1 heterocycles. The number of rotatable bonds is 6. The van der Waals surface area contributed by atoms with E-state index in [1.165, 1.54) is 6.92 Å². The van der Waals surface area contributed by atoms with Gasteiger partial charge in [-0.1, -0.05) is 30.3 Å². The molecule has 0 radical (unpaired) electrons. The molecule has 24 heavy (non-hydrogen) atoms. The Morgan fingerprint density at radius 1 is 1.21 bits per heavy atom. The van der Waals surface area contributed by atoms with Gasteiger partial charge in [0.1, 0.15) is 0 Å². The number of benzene rings is 1. The molecule has 2 rings (SSSR count). The van der Waals surface area contributed by atoms with E-state index in [2.05, 4.69) is 4.98 Å². The summed E-state index contributed by atoms with van der Waals surface area (Å²) in [5.74, 6) is -0.577. The summed E-state index contributed by atoms with van der Waals surface area (Å²) >= 11 is 0. The van der Waals surface area contributed by atoms with Crippen molar-refractivity contribution in [3.8, 4) is 11.1 Å². The quantitative estimate of drug-likeness (QED) is 0.419. The lowest BCUT2D eigenvalue weighted by Gasteiger charge is -2.21. The fourth-order valence-corrected chi connectivity index (χ4v) is 3.37. The van der Waals surface area contributed by atoms with Crippen LogP contribution in [0.4, 0.5) is 0 Å². The minimum atomic E-state index is -4.43. The smallest absolute Gasteiger partial charge is 0.324 e. The Morgan fingerprint density at radius 3 is 2.38 bits per heavy atom. The highest BCUT2D eigenvalue weighted by Gasteiger charge is 2.30. The molecule has 1 unspecified atom stereocenters. The number of hydroxylamine groups is 2. The topological polar surface area (TPSA) is 111 Å². The van der Waals surface area contributed by atoms with Crippen LogP contribution < -0.4 is 0 Å². The Morgan fingerprint density at radius 2 is 1.88 bits per heavy atom. The zero-order chi connectivity index (χ0) is 17.7. The number of amides is 1. The molecule has 0 aliphatic rings. The van der Waals surface area contributed by atoms with Crippen LogP contribution in [0.5, 0.6) is 0 Å². The number of hydrogen-bond donors (Lipinski definition) is 3. The standard InChI is InChI=1S/C16H19N2O5P/c1-12(19)18(20)10-8-16(24(21,22)23)14-6-4-13(5-7-14)15-3-2-9-17-11-15/h2-7,9,11,16,20H,8,10H2,1H3,(H2,21,22,23). The molecule has 1 amide bonds. The molecule has 0 spiro atoms. The van der Waals surface area contributed by atoms with Crippen LogP contribution in [0.25, 0.3) is 11.1 Å². The molecule has 0 aliphatic carbocycles. The van der Waals surface area contributed by atoms with Crippen molar-refractivity contribution in [2.45, 2.75) is 19.0 Å². The lowest BCUT2D eigenvalue weighted by atomic mass is 10.0. The van der Waals surface area contributed by atoms with Crippen molar-refractivity contribution in [2.75, 3.05) is 6.54 Å². The molecular weight excluding hydrogens is 331 g/mol. The van der Waals surface area contributed by atoms with Crippen molar-refractivity contribution in [2.24, 2.45) is 0 Å². The maximum Gasteiger partial charge on any atom is 0.333 e. The highest BCUT2D eigenvalue weighted by molar-refractivity contribution is 7.52. The molecule has 0 fully saturated rings. The molecular formula is C16H19N2O5P. The molecule has 3 N–H and O–H groups in total. The van der Waals surface area contributed by atoms with E-state index < -0.39 is 19.2 Å². The normalized spacial score (nSPS) is 12.7. The Balaban J connectivity index is 2.21. The third-order valence-electron chi connectivity index (χ3n) is 3.67. The van der Waals surface area contributed by atoms with Crippen molar-refractivity contribution in [1.82, 2.24) is 10.0 Å². The van der Waals surface area contributed by atoms with Gasteiger partial charge in [-0.15, -0.1) is 0 Å². The average molecular weight is 350 g/mol. The van der Waals surface area contributed by atoms with Gasteiger partial charge >= 0.3 is 7.60 Å². The van der Waals surface area contributed by atoms with Crippen LogP contribution in [0.3, 0.4) is 0 Å². The van der Waals surface area contributed by atoms with E-state index >= 15 is 0 Å². The van der Waals surface area contributed by atoms with Crippen LogP contribution in [-0.2, 0) is 9.36 Å². The zero-order valence-electron chi connectivity index (χ0n) is 13.1. The fourth-order valence-electron chi connectivity index (χ4n) is 2.36. The Hall–Kier alpha value is -2.05. The van der Waals surface area contributed by atoms with E-state index in [0.29, 0.717) is 10.6 Å². The molecule has 0 saturated carbocycles. The van der Waals surface area contributed by atoms with Crippen molar-refractivity contribution < 1.29 is 24.4 Å². The summed E-state index contributed by atoms with van der Waals surface area (Å²) in [5.41, 5.74) is 1.14. The maximum atomic E-state index is 11.8. The van der Waals surface area contributed by atoms with Crippen molar-refractivity contribution in [3.63, 3.8) is 0 Å². The molecule has 0 saturated heterocycles. The first kappa shape index (κ1) is 18.3. The van der Waals surface area contributed by atoms with Crippen molar-refractivity contribution in [3.05, 3.63) is 54.4 Å². The lowest BCUT2D eigenvalue weighted by molar-refractivity contribution is -0.162. The largest absolute Gasteiger partial charge is 0.333 e. The molecule has 128 valence electrons. The van der Waals surface area contributed by atoms with Gasteiger partial charge in [0.15, 0.2) is 0 Å². The highest BCUT2D eigenvalue weighted by atomic mass is 31.2. The number of aromatic nitrogens is 1. The number of hydrogen-bond acceptors (Lipinski definition) is 4. The van der Waals surface area contributed by atoms with E-state index in [-0.39, 0.29) is 13.0 Å². The lowest BCUT2D eigenvalue weighted by Crippen LogP contribution is -2.26. The van der Waals surface area contributed by atoms with Gasteiger partial charge in [-0.25, -0.2) is 5.06 Å². The molecule has 1 aromatic heterocycles. The monoisotopic (exact) mass is 350 g/mol. The number of carbonyl (C=O) groups is 1. The Bertz CT molecular complexity index is 730. The molecule has 8 heteroatoms. The first-order valence-corrected chi connectivity index (χ1v) is 8.99. The average Bonchev–Trinajstić information content (AvgIpc) is 2.55. The summed E-state index contributed by atoms with van der Waals surface area (Å²) in [6, 6.07) is 10.5. The van der Waals surface area contributed by atoms with Crippen LogP contribution in [-0.4, -0.2) is 37.5 Å². The van der Waals surface area contributed by atoms with E-state index in [9.17, 15) is 24.4 Å². The zero-order valence-corrected chi connectivity index (χ0v) is 14.0. The van der Waals surface area contributed by atoms with Crippen LogP contribution in [0.15, 0.2) is 48.8 Å². The summed E-state index contributed by atoms with van der Waals surface area (Å²) in [4.78, 5) is 34.2. The van der Waals surface area contributed by atoms with Crippen LogP contribution in [0.1, 0.15) is 24.6 Å². The minimum absolute atomic E-state index is 0.0490. The van der Waals surface area contributed by atoms with Gasteiger partial charge in [-0.05, 0) is 29.2 Å². The second-order valence-electron chi connectivity index (χ2n) is 5.40. The molecule has 0 aliphatic heterocycles. The van der Waals surface area contributed by atoms with Gasteiger partial charge in [-0.3, -0.25) is 19.6 Å². The van der Waals surface area contributed by atoms with E-state index in [1.54, 1.807) is 42.7 Å². The van der Waals surface area contributed by atoms with Gasteiger partial charge in [-0.2, -0.15) is 0 Å². The third-order valence-corrected chi connectivity index (χ3v) is 5.04.